The third-order valence-corrected chi connectivity index (χ3v) is 8.28. The molecule has 3 amide bonds. The van der Waals surface area contributed by atoms with Crippen molar-refractivity contribution < 1.29 is 19.5 Å². The molecule has 3 N–H and O–H groups in total. The molecule has 7 nitrogen and oxygen atoms in total. The molecule has 1 aliphatic heterocycles. The van der Waals surface area contributed by atoms with Crippen LogP contribution in [0.2, 0.25) is 0 Å². The Hall–Kier alpha value is -1.89. The first-order valence-corrected chi connectivity index (χ1v) is 13.0. The summed E-state index contributed by atoms with van der Waals surface area (Å²) in [4.78, 5) is 42.3. The maximum Gasteiger partial charge on any atom is 0.243 e. The van der Waals surface area contributed by atoms with Gasteiger partial charge in [-0.15, -0.1) is 0 Å². The van der Waals surface area contributed by atoms with Crippen LogP contribution < -0.4 is 10.6 Å². The summed E-state index contributed by atoms with van der Waals surface area (Å²) in [6.07, 6.45) is 11.9. The number of nitrogens with zero attached hydrogens (tertiary/aromatic N) is 1. The first-order chi connectivity index (χ1) is 15.9. The topological polar surface area (TPSA) is 98.7 Å². The molecule has 0 aromatic carbocycles. The zero-order valence-corrected chi connectivity index (χ0v) is 20.8. The van der Waals surface area contributed by atoms with Gasteiger partial charge in [0.05, 0.1) is 24.5 Å². The lowest BCUT2D eigenvalue weighted by molar-refractivity contribution is -0.144. The van der Waals surface area contributed by atoms with Gasteiger partial charge in [0.15, 0.2) is 0 Å². The van der Waals surface area contributed by atoms with E-state index in [0.717, 1.165) is 44.9 Å². The van der Waals surface area contributed by atoms with Crippen molar-refractivity contribution in [3.05, 3.63) is 12.2 Å². The zero-order valence-electron chi connectivity index (χ0n) is 20.8. The fourth-order valence-electron chi connectivity index (χ4n) is 6.28. The predicted octanol–water partition coefficient (Wildman–Crippen LogP) is 2.63. The van der Waals surface area contributed by atoms with Crippen LogP contribution in [0.3, 0.4) is 0 Å². The first-order valence-electron chi connectivity index (χ1n) is 13.0. The van der Waals surface area contributed by atoms with E-state index in [0.29, 0.717) is 0 Å². The van der Waals surface area contributed by atoms with E-state index in [9.17, 15) is 19.5 Å². The minimum Gasteiger partial charge on any atom is -0.394 e. The largest absolute Gasteiger partial charge is 0.394 e. The quantitative estimate of drug-likeness (QED) is 0.460. The third kappa shape index (κ3) is 5.13. The second-order valence-corrected chi connectivity index (χ2v) is 10.2. The summed E-state index contributed by atoms with van der Waals surface area (Å²) >= 11 is 0. The van der Waals surface area contributed by atoms with Gasteiger partial charge in [0, 0.05) is 19.0 Å². The van der Waals surface area contributed by atoms with E-state index >= 15 is 0 Å². The molecule has 0 unspecified atom stereocenters. The number of hydrogen-bond donors (Lipinski definition) is 3. The van der Waals surface area contributed by atoms with Crippen molar-refractivity contribution >= 4 is 17.7 Å². The normalized spacial score (nSPS) is 31.7. The number of allylic oxidation sites excluding steroid dienone is 1. The number of aliphatic hydroxyl groups excluding tert-OH is 1. The average Bonchev–Trinajstić information content (AvgIpc) is 3.12. The van der Waals surface area contributed by atoms with Crippen molar-refractivity contribution in [1.29, 1.82) is 0 Å². The lowest BCUT2D eigenvalue weighted by atomic mass is 9.68. The van der Waals surface area contributed by atoms with Gasteiger partial charge in [0.25, 0.3) is 0 Å². The van der Waals surface area contributed by atoms with E-state index in [1.807, 2.05) is 19.9 Å². The highest BCUT2D eigenvalue weighted by atomic mass is 16.3. The smallest absolute Gasteiger partial charge is 0.243 e. The first kappa shape index (κ1) is 25.7. The van der Waals surface area contributed by atoms with Gasteiger partial charge in [-0.2, -0.15) is 0 Å². The van der Waals surface area contributed by atoms with E-state index in [2.05, 4.69) is 23.6 Å². The second-order valence-electron chi connectivity index (χ2n) is 10.2. The lowest BCUT2D eigenvalue weighted by Gasteiger charge is -2.37. The molecule has 0 spiro atoms. The van der Waals surface area contributed by atoms with Crippen LogP contribution in [-0.4, -0.2) is 59.5 Å². The Morgan fingerprint density at radius 3 is 2.42 bits per heavy atom. The molecule has 33 heavy (non-hydrogen) atoms. The molecule has 3 aliphatic rings. The minimum absolute atomic E-state index is 0.0293. The molecule has 1 saturated carbocycles. The molecule has 2 aliphatic carbocycles. The summed E-state index contributed by atoms with van der Waals surface area (Å²) in [6.45, 7) is 5.93. The fourth-order valence-corrected chi connectivity index (χ4v) is 6.28. The summed E-state index contributed by atoms with van der Waals surface area (Å²) in [7, 11) is 1.61. The number of carbonyl (C=O) groups is 3. The third-order valence-electron chi connectivity index (χ3n) is 8.28. The summed E-state index contributed by atoms with van der Waals surface area (Å²) in [5.74, 6) is -1.87. The van der Waals surface area contributed by atoms with Gasteiger partial charge >= 0.3 is 0 Å². The van der Waals surface area contributed by atoms with Crippen LogP contribution in [0.25, 0.3) is 0 Å². The molecule has 0 bridgehead atoms. The van der Waals surface area contributed by atoms with Crippen LogP contribution in [-0.2, 0) is 14.4 Å². The molecule has 0 radical (unpaired) electrons. The van der Waals surface area contributed by atoms with E-state index in [1.54, 1.807) is 11.9 Å². The Labute approximate surface area is 198 Å². The molecule has 0 aromatic rings. The van der Waals surface area contributed by atoms with Crippen molar-refractivity contribution in [2.75, 3.05) is 13.7 Å². The second kappa shape index (κ2) is 11.5. The van der Waals surface area contributed by atoms with Crippen LogP contribution in [0.15, 0.2) is 12.2 Å². The van der Waals surface area contributed by atoms with E-state index in [4.69, 9.17) is 0 Å². The van der Waals surface area contributed by atoms with Crippen LogP contribution in [0.5, 0.6) is 0 Å². The molecular formula is C26H43N3O4. The van der Waals surface area contributed by atoms with Crippen molar-refractivity contribution in [2.24, 2.45) is 29.6 Å². The summed E-state index contributed by atoms with van der Waals surface area (Å²) < 4.78 is 0. The number of carbonyl (C=O) groups excluding carboxylic acids is 3. The average molecular weight is 462 g/mol. The zero-order chi connectivity index (χ0) is 24.1. The summed E-state index contributed by atoms with van der Waals surface area (Å²) in [5, 5.41) is 16.3. The number of aliphatic hydroxyl groups is 1. The molecule has 3 rings (SSSR count). The van der Waals surface area contributed by atoms with Gasteiger partial charge in [0.1, 0.15) is 6.04 Å². The number of fused-ring (bicyclic) bond motifs is 1. The highest BCUT2D eigenvalue weighted by molar-refractivity contribution is 5.97. The molecule has 186 valence electrons. The Bertz CT molecular complexity index is 733. The van der Waals surface area contributed by atoms with E-state index < -0.39 is 23.9 Å². The molecule has 1 heterocycles. The monoisotopic (exact) mass is 461 g/mol. The maximum absolute atomic E-state index is 14.0. The number of rotatable bonds is 9. The standard InChI is InChI=1S/C26H43N3O4/c1-5-10-17-13-14-19-22(21(17)24(31)27-4)26(33)29(20(15-30)16(3)6-2)23(19)25(32)28-18-11-8-7-9-12-18/h13-14,16-23,30H,5-12,15H2,1-4H3,(H,27,31)(H,28,32)/t16-,17+,19-,20-,21+,22-,23-/m0/s1. The van der Waals surface area contributed by atoms with Crippen molar-refractivity contribution in [3.8, 4) is 0 Å². The molecule has 2 fully saturated rings. The molecular weight excluding hydrogens is 418 g/mol. The molecule has 7 heteroatoms. The fraction of sp³-hybridized carbons (Fsp3) is 0.808. The number of nitrogens with one attached hydrogen (secondary N) is 2. The maximum atomic E-state index is 14.0. The molecule has 7 atom stereocenters. The van der Waals surface area contributed by atoms with Gasteiger partial charge < -0.3 is 20.6 Å². The minimum atomic E-state index is -0.693. The number of amides is 3. The van der Waals surface area contributed by atoms with Gasteiger partial charge in [-0.05, 0) is 31.1 Å². The summed E-state index contributed by atoms with van der Waals surface area (Å²) in [6, 6.07) is -1.01. The van der Waals surface area contributed by atoms with Crippen LogP contribution in [0.4, 0.5) is 0 Å². The lowest BCUT2D eigenvalue weighted by Crippen LogP contribution is -2.55. The highest BCUT2D eigenvalue weighted by Gasteiger charge is 2.58. The van der Waals surface area contributed by atoms with Gasteiger partial charge in [0.2, 0.25) is 17.7 Å². The predicted molar refractivity (Wildman–Crippen MR) is 128 cm³/mol. The van der Waals surface area contributed by atoms with Crippen LogP contribution >= 0.6 is 0 Å². The Balaban J connectivity index is 2.00. The van der Waals surface area contributed by atoms with E-state index in [1.165, 1.54) is 6.42 Å². The van der Waals surface area contributed by atoms with E-state index in [-0.39, 0.29) is 48.1 Å². The van der Waals surface area contributed by atoms with Crippen molar-refractivity contribution in [3.63, 3.8) is 0 Å². The highest BCUT2D eigenvalue weighted by Crippen LogP contribution is 2.46. The Kier molecular flexibility index (Phi) is 8.96. The van der Waals surface area contributed by atoms with Gasteiger partial charge in [-0.1, -0.05) is 65.0 Å². The Morgan fingerprint density at radius 2 is 1.85 bits per heavy atom. The molecule has 1 saturated heterocycles. The Morgan fingerprint density at radius 1 is 1.15 bits per heavy atom. The van der Waals surface area contributed by atoms with Crippen molar-refractivity contribution in [1.82, 2.24) is 15.5 Å². The van der Waals surface area contributed by atoms with Gasteiger partial charge in [-0.25, -0.2) is 0 Å². The van der Waals surface area contributed by atoms with Crippen LogP contribution in [0, 0.1) is 29.6 Å². The van der Waals surface area contributed by atoms with Crippen LogP contribution in [0.1, 0.15) is 72.1 Å². The SMILES string of the molecule is CCC[C@@H]1C=C[C@H]2[C@H](C(=O)N([C@@H](CO)[C@@H](C)CC)[C@@H]2C(=O)NC2CCCCC2)[C@@H]1C(=O)NC. The number of likely N-dealkylation sites (tertiary alicyclic amines) is 1. The summed E-state index contributed by atoms with van der Waals surface area (Å²) in [5.41, 5.74) is 0. The van der Waals surface area contributed by atoms with Crippen molar-refractivity contribution in [2.45, 2.75) is 90.3 Å². The molecule has 0 aromatic heterocycles. The number of hydrogen-bond acceptors (Lipinski definition) is 4. The van der Waals surface area contributed by atoms with Gasteiger partial charge in [-0.3, -0.25) is 14.4 Å².